The van der Waals surface area contributed by atoms with Crippen LogP contribution in [0.1, 0.15) is 104 Å². The lowest BCUT2D eigenvalue weighted by atomic mass is 10.0. The minimum atomic E-state index is -1.84. The predicted molar refractivity (Wildman–Crippen MR) is 349 cm³/mol. The highest BCUT2D eigenvalue weighted by Gasteiger charge is 2.37. The number of rotatable bonds is 45. The molecule has 0 fully saturated rings. The quantitative estimate of drug-likeness (QED) is 0.0167. The van der Waals surface area contributed by atoms with Gasteiger partial charge in [0.15, 0.2) is 11.9 Å². The lowest BCUT2D eigenvalue weighted by Crippen LogP contribution is -2.61. The third kappa shape index (κ3) is 29.8. The van der Waals surface area contributed by atoms with Crippen LogP contribution in [0, 0.1) is 11.8 Å². The van der Waals surface area contributed by atoms with Gasteiger partial charge in [0.1, 0.15) is 60.4 Å². The number of hydrogen-bond donors (Lipinski definition) is 21. The summed E-state index contributed by atoms with van der Waals surface area (Å²) in [7, 11) is 0. The number of unbranched alkanes of at least 4 members (excludes halogenated alkanes) is 1. The Morgan fingerprint density at radius 2 is 1.05 bits per heavy atom. The van der Waals surface area contributed by atoms with Crippen LogP contribution in [0.5, 0.6) is 0 Å². The molecule has 2 rings (SSSR count). The van der Waals surface area contributed by atoms with Gasteiger partial charge in [0.25, 0.3) is 0 Å². The Labute approximate surface area is 548 Å². The Hall–Kier alpha value is -8.87. The zero-order valence-electron chi connectivity index (χ0n) is 53.9. The summed E-state index contributed by atoms with van der Waals surface area (Å²) in [4.78, 5) is 173. The number of fused-ring (bicyclic) bond motifs is 1. The average Bonchev–Trinajstić information content (AvgIpc) is 1.75. The SMILES string of the molecule is CSCC[C@H](NC(=O)[C@H](CCCN=C(N)N)NC(=O)[C@H](CCCN=C(N)N)NC(=O)[C@@H](N)CO)C(=O)N[C@@H](CCCCN)C(=O)N[C@H](C(=O)N[C@H](C(=O)NCC(=O)N[C@@H](CC(=O)O)C(=O)N[C@@H](CC(C)C)C(=O)N[C@@H](Cc1c[nH]c2ccccc12)C(=O)O)[C@@H](C)O)C(C)C. The molecule has 0 radical (unpaired) electrons. The van der Waals surface area contributed by atoms with Crippen molar-refractivity contribution in [1.82, 2.24) is 58.2 Å². The minimum absolute atomic E-state index is 0.00180. The van der Waals surface area contributed by atoms with E-state index in [0.29, 0.717) is 17.7 Å². The lowest BCUT2D eigenvalue weighted by Gasteiger charge is -2.29. The van der Waals surface area contributed by atoms with Gasteiger partial charge >= 0.3 is 11.9 Å². The van der Waals surface area contributed by atoms with Gasteiger partial charge in [-0.3, -0.25) is 62.7 Å². The molecule has 36 heteroatoms. The van der Waals surface area contributed by atoms with Crippen LogP contribution in [0.3, 0.4) is 0 Å². The Morgan fingerprint density at radius 1 is 0.574 bits per heavy atom. The maximum atomic E-state index is 14.3. The van der Waals surface area contributed by atoms with Crippen molar-refractivity contribution in [2.24, 2.45) is 56.2 Å². The molecule has 0 bridgehead atoms. The van der Waals surface area contributed by atoms with E-state index in [2.05, 4.69) is 68.1 Å². The number of amides is 10. The highest BCUT2D eigenvalue weighted by atomic mass is 32.2. The molecular formula is C58H97N19O16S. The van der Waals surface area contributed by atoms with Gasteiger partial charge in [-0.2, -0.15) is 11.8 Å². The van der Waals surface area contributed by atoms with Crippen LogP contribution in [0.4, 0.5) is 0 Å². The Bertz CT molecular complexity index is 2920. The summed E-state index contributed by atoms with van der Waals surface area (Å²) in [5.41, 5.74) is 34.7. The van der Waals surface area contributed by atoms with E-state index in [1.807, 2.05) is 0 Å². The molecule has 0 aliphatic carbocycles. The Morgan fingerprint density at radius 3 is 1.54 bits per heavy atom. The van der Waals surface area contributed by atoms with Crippen molar-refractivity contribution in [2.45, 2.75) is 172 Å². The van der Waals surface area contributed by atoms with Crippen LogP contribution in [-0.4, -0.2) is 220 Å². The van der Waals surface area contributed by atoms with E-state index in [9.17, 15) is 78.0 Å². The number of aliphatic hydroxyl groups excluding tert-OH is 2. The molecule has 526 valence electrons. The number of carbonyl (C=O) groups is 12. The highest BCUT2D eigenvalue weighted by Crippen LogP contribution is 2.20. The van der Waals surface area contributed by atoms with Crippen LogP contribution in [0.2, 0.25) is 0 Å². The van der Waals surface area contributed by atoms with E-state index < -0.39 is 163 Å². The molecule has 0 saturated heterocycles. The molecule has 0 saturated carbocycles. The number of aliphatic carboxylic acids is 2. The molecular weight excluding hydrogens is 1250 g/mol. The topological polar surface area (TPSA) is 603 Å². The normalized spacial score (nSPS) is 14.7. The summed E-state index contributed by atoms with van der Waals surface area (Å²) in [6, 6.07) is -7.68. The first kappa shape index (κ1) is 81.2. The number of aliphatic imine (C=N–C) groups is 2. The van der Waals surface area contributed by atoms with Crippen molar-refractivity contribution >= 4 is 106 Å². The van der Waals surface area contributed by atoms with Crippen LogP contribution >= 0.6 is 11.8 Å². The fraction of sp³-hybridized carbons (Fsp3) is 0.621. The summed E-state index contributed by atoms with van der Waals surface area (Å²) in [5, 5.41) is 65.4. The first-order valence-corrected chi connectivity index (χ1v) is 32.1. The van der Waals surface area contributed by atoms with Crippen LogP contribution < -0.4 is 87.6 Å². The summed E-state index contributed by atoms with van der Waals surface area (Å²) in [5.74, 6) is -13.7. The highest BCUT2D eigenvalue weighted by molar-refractivity contribution is 7.98. The number of nitrogens with one attached hydrogen (secondary N) is 11. The number of carbonyl (C=O) groups excluding carboxylic acids is 10. The monoisotopic (exact) mass is 1350 g/mol. The number of guanidine groups is 2. The smallest absolute Gasteiger partial charge is 0.326 e. The van der Waals surface area contributed by atoms with Crippen molar-refractivity contribution < 1.29 is 78.0 Å². The molecule has 1 heterocycles. The molecule has 1 aromatic carbocycles. The fourth-order valence-electron chi connectivity index (χ4n) is 9.30. The van der Waals surface area contributed by atoms with Crippen LogP contribution in [-0.2, 0) is 64.0 Å². The number of carboxylic acid groups (broad SMARTS) is 2. The molecule has 1 aromatic heterocycles. The maximum Gasteiger partial charge on any atom is 0.326 e. The standard InChI is InChI=1S/C58H97N19O16S/c1-29(2)23-40(52(88)75-42(56(92)93)24-32-26-67-35-14-8-7-13-33(32)35)74-53(89)41(25-44(81)82)69-43(80)27-68-54(90)46(31(5)79)77-55(91)45(30(3)4)76-51(87)36(15-9-10-19-59)71-50(86)39(18-22-94-6)73-49(85)38(17-12-21-66-58(63)64)72-48(84)37(16-11-20-65-57(61)62)70-47(83)34(60)28-78/h7-8,13-14,26,29-31,34,36-42,45-46,67,78-79H,9-12,15-25,27-28,59-60H2,1-6H3,(H,68,90)(H,69,80)(H,70,83)(H,71,86)(H,72,84)(H,73,85)(H,74,89)(H,75,88)(H,76,87)(H,77,91)(H,81,82)(H,92,93)(H4,61,62,65)(H4,63,64,66)/t31-,34+,36+,37+,38+,39+,40+,41+,42+,45+,46+/m1/s1. The second-order valence-electron chi connectivity index (χ2n) is 23.0. The van der Waals surface area contributed by atoms with E-state index >= 15 is 0 Å². The van der Waals surface area contributed by atoms with Gasteiger partial charge in [0.2, 0.25) is 59.1 Å². The number of aliphatic hydroxyl groups is 2. The van der Waals surface area contributed by atoms with E-state index in [1.165, 1.54) is 11.8 Å². The third-order valence-corrected chi connectivity index (χ3v) is 15.0. The van der Waals surface area contributed by atoms with Crippen molar-refractivity contribution in [3.05, 3.63) is 36.0 Å². The van der Waals surface area contributed by atoms with Gasteiger partial charge in [0.05, 0.1) is 25.7 Å². The number of aromatic nitrogens is 1. The number of hydrogen-bond acceptors (Lipinski definition) is 19. The summed E-state index contributed by atoms with van der Waals surface area (Å²) < 4.78 is 0. The number of aromatic amines is 1. The number of carboxylic acids is 2. The van der Waals surface area contributed by atoms with Crippen molar-refractivity contribution in [2.75, 3.05) is 44.8 Å². The van der Waals surface area contributed by atoms with Crippen molar-refractivity contribution in [1.29, 1.82) is 0 Å². The van der Waals surface area contributed by atoms with Crippen LogP contribution in [0.25, 0.3) is 10.9 Å². The largest absolute Gasteiger partial charge is 0.481 e. The van der Waals surface area contributed by atoms with Gasteiger partial charge in [-0.25, -0.2) is 4.79 Å². The van der Waals surface area contributed by atoms with E-state index in [1.54, 1.807) is 64.4 Å². The first-order chi connectivity index (χ1) is 44.3. The third-order valence-electron chi connectivity index (χ3n) is 14.3. The molecule has 11 atom stereocenters. The molecule has 94 heavy (non-hydrogen) atoms. The number of thioether (sulfide) groups is 1. The van der Waals surface area contributed by atoms with Gasteiger partial charge in [-0.15, -0.1) is 0 Å². The lowest BCUT2D eigenvalue weighted by molar-refractivity contribution is -0.143. The van der Waals surface area contributed by atoms with E-state index in [4.69, 9.17) is 34.4 Å². The van der Waals surface area contributed by atoms with Crippen LogP contribution in [0.15, 0.2) is 40.4 Å². The summed E-state index contributed by atoms with van der Waals surface area (Å²) >= 11 is 1.32. The van der Waals surface area contributed by atoms with Crippen molar-refractivity contribution in [3.8, 4) is 0 Å². The molecule has 35 nitrogen and oxygen atoms in total. The Balaban J connectivity index is 2.32. The van der Waals surface area contributed by atoms with Gasteiger partial charge < -0.3 is 113 Å². The second kappa shape index (κ2) is 42.4. The first-order valence-electron chi connectivity index (χ1n) is 30.7. The number of nitrogens with zero attached hydrogens (tertiary/aromatic N) is 2. The average molecular weight is 1350 g/mol. The second-order valence-corrected chi connectivity index (χ2v) is 24.0. The number of benzene rings is 1. The molecule has 0 aliphatic heterocycles. The van der Waals surface area contributed by atoms with E-state index in [-0.39, 0.29) is 95.3 Å². The molecule has 10 amide bonds. The fourth-order valence-corrected chi connectivity index (χ4v) is 9.77. The maximum absolute atomic E-state index is 14.3. The Kier molecular flexibility index (Phi) is 36.6. The molecule has 0 spiro atoms. The molecule has 27 N–H and O–H groups in total. The summed E-state index contributed by atoms with van der Waals surface area (Å²) in [6.07, 6.45) is 1.29. The molecule has 0 aliphatic rings. The number of nitrogens with two attached hydrogens (primary N) is 6. The van der Waals surface area contributed by atoms with E-state index in [0.717, 1.165) is 17.8 Å². The summed E-state index contributed by atoms with van der Waals surface area (Å²) in [6.45, 7) is 6.24. The number of H-pyrrole nitrogens is 1. The zero-order valence-corrected chi connectivity index (χ0v) is 54.7. The zero-order chi connectivity index (χ0) is 70.8. The van der Waals surface area contributed by atoms with Gasteiger partial charge in [-0.1, -0.05) is 45.9 Å². The van der Waals surface area contributed by atoms with Gasteiger partial charge in [0, 0.05) is 36.6 Å². The van der Waals surface area contributed by atoms with Gasteiger partial charge in [-0.05, 0) is 107 Å². The molecule has 2 aromatic rings. The van der Waals surface area contributed by atoms with Crippen molar-refractivity contribution in [3.63, 3.8) is 0 Å². The predicted octanol–water partition coefficient (Wildman–Crippen LogP) is -5.86. The number of para-hydroxylation sites is 1. The molecule has 0 unspecified atom stereocenters. The minimum Gasteiger partial charge on any atom is -0.481 e.